The summed E-state index contributed by atoms with van der Waals surface area (Å²) >= 11 is 0. The van der Waals surface area contributed by atoms with Crippen LogP contribution in [0, 0.1) is 5.82 Å². The van der Waals surface area contributed by atoms with E-state index in [1.807, 2.05) is 6.07 Å². The van der Waals surface area contributed by atoms with Gasteiger partial charge < -0.3 is 10.2 Å². The molecule has 0 aliphatic rings. The molecule has 1 rings (SSSR count). The van der Waals surface area contributed by atoms with Gasteiger partial charge in [-0.05, 0) is 71.4 Å². The van der Waals surface area contributed by atoms with Crippen LogP contribution in [0.15, 0.2) is 24.3 Å². The summed E-state index contributed by atoms with van der Waals surface area (Å²) in [6.07, 6.45) is 2.33. The van der Waals surface area contributed by atoms with Gasteiger partial charge in [0.15, 0.2) is 0 Å². The maximum atomic E-state index is 13.1. The zero-order chi connectivity index (χ0) is 14.3. The van der Waals surface area contributed by atoms with E-state index in [0.29, 0.717) is 0 Å². The van der Waals surface area contributed by atoms with E-state index < -0.39 is 0 Å². The fraction of sp³-hybridized carbons (Fsp3) is 0.625. The van der Waals surface area contributed by atoms with E-state index in [1.165, 1.54) is 12.5 Å². The third kappa shape index (κ3) is 7.96. The van der Waals surface area contributed by atoms with Crippen LogP contribution in [0.1, 0.15) is 39.2 Å². The number of hydrogen-bond acceptors (Lipinski definition) is 2. The molecule has 0 radical (unpaired) electrons. The summed E-state index contributed by atoms with van der Waals surface area (Å²) in [7, 11) is 2.09. The van der Waals surface area contributed by atoms with E-state index in [0.717, 1.165) is 31.6 Å². The highest BCUT2D eigenvalue weighted by Crippen LogP contribution is 2.07. The van der Waals surface area contributed by atoms with Crippen molar-refractivity contribution in [2.45, 2.75) is 45.7 Å². The molecule has 108 valence electrons. The maximum absolute atomic E-state index is 13.1. The van der Waals surface area contributed by atoms with Gasteiger partial charge in [-0.1, -0.05) is 12.1 Å². The smallest absolute Gasteiger partial charge is 0.123 e. The van der Waals surface area contributed by atoms with Gasteiger partial charge in [-0.2, -0.15) is 0 Å². The summed E-state index contributed by atoms with van der Waals surface area (Å²) in [5.74, 6) is -0.153. The molecule has 0 bridgehead atoms. The van der Waals surface area contributed by atoms with Crippen molar-refractivity contribution in [3.05, 3.63) is 35.6 Å². The highest BCUT2D eigenvalue weighted by Gasteiger charge is 2.07. The predicted octanol–water partition coefficient (Wildman–Crippen LogP) is 3.43. The topological polar surface area (TPSA) is 15.3 Å². The number of benzene rings is 1. The van der Waals surface area contributed by atoms with Gasteiger partial charge in [-0.3, -0.25) is 0 Å². The Morgan fingerprint density at radius 1 is 1.21 bits per heavy atom. The van der Waals surface area contributed by atoms with Crippen LogP contribution in [0.3, 0.4) is 0 Å². The van der Waals surface area contributed by atoms with Crippen molar-refractivity contribution in [2.75, 3.05) is 20.1 Å². The van der Waals surface area contributed by atoms with Gasteiger partial charge in [0.1, 0.15) is 5.82 Å². The van der Waals surface area contributed by atoms with Crippen LogP contribution >= 0.6 is 0 Å². The molecule has 19 heavy (non-hydrogen) atoms. The SMILES string of the molecule is CN(CCCCNC(C)(C)C)Cc1cccc(F)c1. The molecule has 0 spiro atoms. The Balaban J connectivity index is 2.16. The van der Waals surface area contributed by atoms with Crippen LogP contribution in [-0.2, 0) is 6.54 Å². The molecule has 0 saturated heterocycles. The third-order valence-corrected chi connectivity index (χ3v) is 2.96. The Labute approximate surface area is 117 Å². The number of halogens is 1. The van der Waals surface area contributed by atoms with E-state index in [9.17, 15) is 4.39 Å². The molecule has 3 heteroatoms. The molecule has 1 N–H and O–H groups in total. The van der Waals surface area contributed by atoms with Crippen LogP contribution in [0.5, 0.6) is 0 Å². The molecule has 0 unspecified atom stereocenters. The van der Waals surface area contributed by atoms with Gasteiger partial charge in [0.25, 0.3) is 0 Å². The molecule has 0 heterocycles. The van der Waals surface area contributed by atoms with Gasteiger partial charge >= 0.3 is 0 Å². The molecule has 1 aromatic carbocycles. The lowest BCUT2D eigenvalue weighted by Gasteiger charge is -2.21. The van der Waals surface area contributed by atoms with Crippen molar-refractivity contribution in [3.63, 3.8) is 0 Å². The summed E-state index contributed by atoms with van der Waals surface area (Å²) in [6.45, 7) is 9.46. The average Bonchev–Trinajstić information content (AvgIpc) is 2.26. The zero-order valence-corrected chi connectivity index (χ0v) is 12.7. The fourth-order valence-electron chi connectivity index (χ4n) is 2.00. The third-order valence-electron chi connectivity index (χ3n) is 2.96. The first kappa shape index (κ1) is 16.1. The van der Waals surface area contributed by atoms with Gasteiger partial charge in [-0.15, -0.1) is 0 Å². The van der Waals surface area contributed by atoms with Gasteiger partial charge in [0, 0.05) is 12.1 Å². The van der Waals surface area contributed by atoms with Crippen molar-refractivity contribution in [3.8, 4) is 0 Å². The highest BCUT2D eigenvalue weighted by atomic mass is 19.1. The summed E-state index contributed by atoms with van der Waals surface area (Å²) in [4.78, 5) is 2.24. The van der Waals surface area contributed by atoms with Gasteiger partial charge in [0.2, 0.25) is 0 Å². The molecule has 0 fully saturated rings. The van der Waals surface area contributed by atoms with E-state index >= 15 is 0 Å². The first-order valence-corrected chi connectivity index (χ1v) is 7.05. The number of rotatable bonds is 7. The minimum absolute atomic E-state index is 0.153. The summed E-state index contributed by atoms with van der Waals surface area (Å²) in [6, 6.07) is 6.84. The lowest BCUT2D eigenvalue weighted by molar-refractivity contribution is 0.313. The maximum Gasteiger partial charge on any atom is 0.123 e. The molecular formula is C16H27FN2. The van der Waals surface area contributed by atoms with Crippen molar-refractivity contribution in [1.82, 2.24) is 10.2 Å². The number of nitrogens with one attached hydrogen (secondary N) is 1. The van der Waals surface area contributed by atoms with Crippen LogP contribution in [-0.4, -0.2) is 30.6 Å². The average molecular weight is 266 g/mol. The highest BCUT2D eigenvalue weighted by molar-refractivity contribution is 5.15. The fourth-order valence-corrected chi connectivity index (χ4v) is 2.00. The van der Waals surface area contributed by atoms with E-state index in [4.69, 9.17) is 0 Å². The minimum atomic E-state index is -0.153. The molecule has 0 atom stereocenters. The monoisotopic (exact) mass is 266 g/mol. The predicted molar refractivity (Wildman–Crippen MR) is 79.7 cm³/mol. The summed E-state index contributed by atoms with van der Waals surface area (Å²) < 4.78 is 13.1. The van der Waals surface area contributed by atoms with Crippen LogP contribution in [0.4, 0.5) is 4.39 Å². The lowest BCUT2D eigenvalue weighted by Crippen LogP contribution is -2.36. The second-order valence-electron chi connectivity index (χ2n) is 6.25. The first-order valence-electron chi connectivity index (χ1n) is 7.05. The Morgan fingerprint density at radius 2 is 1.95 bits per heavy atom. The molecule has 2 nitrogen and oxygen atoms in total. The number of nitrogens with zero attached hydrogens (tertiary/aromatic N) is 1. The van der Waals surface area contributed by atoms with E-state index in [-0.39, 0.29) is 11.4 Å². The Morgan fingerprint density at radius 3 is 2.58 bits per heavy atom. The second-order valence-corrected chi connectivity index (χ2v) is 6.25. The Bertz CT molecular complexity index is 371. The molecular weight excluding hydrogens is 239 g/mol. The molecule has 0 aliphatic heterocycles. The molecule has 0 saturated carbocycles. The second kappa shape index (κ2) is 7.61. The van der Waals surface area contributed by atoms with Crippen molar-refractivity contribution in [2.24, 2.45) is 0 Å². The van der Waals surface area contributed by atoms with Crippen LogP contribution in [0.2, 0.25) is 0 Å². The number of unbranched alkanes of at least 4 members (excludes halogenated alkanes) is 1. The Kier molecular flexibility index (Phi) is 6.46. The normalized spacial score (nSPS) is 12.1. The van der Waals surface area contributed by atoms with Crippen LogP contribution < -0.4 is 5.32 Å². The van der Waals surface area contributed by atoms with Gasteiger partial charge in [-0.25, -0.2) is 4.39 Å². The van der Waals surface area contributed by atoms with Crippen molar-refractivity contribution in [1.29, 1.82) is 0 Å². The van der Waals surface area contributed by atoms with Crippen LogP contribution in [0.25, 0.3) is 0 Å². The molecule has 0 aromatic heterocycles. The van der Waals surface area contributed by atoms with E-state index in [1.54, 1.807) is 12.1 Å². The minimum Gasteiger partial charge on any atom is -0.312 e. The van der Waals surface area contributed by atoms with E-state index in [2.05, 4.69) is 38.0 Å². The summed E-state index contributed by atoms with van der Waals surface area (Å²) in [5, 5.41) is 3.48. The zero-order valence-electron chi connectivity index (χ0n) is 12.7. The largest absolute Gasteiger partial charge is 0.312 e. The van der Waals surface area contributed by atoms with Gasteiger partial charge in [0.05, 0.1) is 0 Å². The standard InChI is InChI=1S/C16H27FN2/c1-16(2,3)18-10-5-6-11-19(4)13-14-8-7-9-15(17)12-14/h7-9,12,18H,5-6,10-11,13H2,1-4H3. The van der Waals surface area contributed by atoms with Crippen molar-refractivity contribution >= 4 is 0 Å². The quantitative estimate of drug-likeness (QED) is 0.761. The Hall–Kier alpha value is -0.930. The molecule has 0 amide bonds. The lowest BCUT2D eigenvalue weighted by atomic mass is 10.1. The molecule has 1 aromatic rings. The van der Waals surface area contributed by atoms with Crippen molar-refractivity contribution < 1.29 is 4.39 Å². The molecule has 0 aliphatic carbocycles. The first-order chi connectivity index (χ1) is 8.87. The number of hydrogen-bond donors (Lipinski definition) is 1. The summed E-state index contributed by atoms with van der Waals surface area (Å²) in [5.41, 5.74) is 1.24.